The van der Waals surface area contributed by atoms with Crippen LogP contribution in [0.2, 0.25) is 0 Å². The van der Waals surface area contributed by atoms with Crippen molar-refractivity contribution in [3.05, 3.63) is 59.4 Å². The number of nitrogens with zero attached hydrogens (tertiary/aromatic N) is 4. The van der Waals surface area contributed by atoms with E-state index >= 15 is 0 Å². The molecule has 1 amide bonds. The van der Waals surface area contributed by atoms with Gasteiger partial charge >= 0.3 is 0 Å². The van der Waals surface area contributed by atoms with Crippen molar-refractivity contribution >= 4 is 27.5 Å². The van der Waals surface area contributed by atoms with E-state index in [9.17, 15) is 4.79 Å². The second-order valence-electron chi connectivity index (χ2n) is 7.27. The lowest BCUT2D eigenvalue weighted by Gasteiger charge is -2.38. The topological polar surface area (TPSA) is 49.3 Å². The van der Waals surface area contributed by atoms with Gasteiger partial charge in [0.25, 0.3) is 5.91 Å². The van der Waals surface area contributed by atoms with E-state index in [-0.39, 0.29) is 11.9 Å². The molecule has 3 heterocycles. The number of pyridine rings is 1. The van der Waals surface area contributed by atoms with Crippen molar-refractivity contribution in [1.82, 2.24) is 19.8 Å². The van der Waals surface area contributed by atoms with Gasteiger partial charge in [0.05, 0.1) is 15.7 Å². The predicted octanol–water partition coefficient (Wildman–Crippen LogP) is 3.86. The van der Waals surface area contributed by atoms with Gasteiger partial charge in [-0.05, 0) is 49.7 Å². The summed E-state index contributed by atoms with van der Waals surface area (Å²) in [5.41, 5.74) is 4.50. The highest BCUT2D eigenvalue weighted by Gasteiger charge is 2.28. The molecule has 146 valence electrons. The van der Waals surface area contributed by atoms with Gasteiger partial charge in [0.2, 0.25) is 0 Å². The summed E-state index contributed by atoms with van der Waals surface area (Å²) in [5.74, 6) is 0.112. The highest BCUT2D eigenvalue weighted by Crippen LogP contribution is 2.23. The van der Waals surface area contributed by atoms with Crippen molar-refractivity contribution in [2.75, 3.05) is 26.2 Å². The Bertz CT molecular complexity index is 918. The molecule has 1 aromatic carbocycles. The Balaban J connectivity index is 1.54. The normalized spacial score (nSPS) is 15.8. The van der Waals surface area contributed by atoms with E-state index in [0.29, 0.717) is 6.54 Å². The molecule has 0 atom stereocenters. The molecule has 1 aliphatic rings. The first kappa shape index (κ1) is 19.0. The molecule has 0 spiro atoms. The Morgan fingerprint density at radius 1 is 1.21 bits per heavy atom. The number of likely N-dealkylation sites (tertiary alicyclic amines) is 1. The second-order valence-corrected chi connectivity index (χ2v) is 8.16. The Morgan fingerprint density at radius 2 is 2.07 bits per heavy atom. The van der Waals surface area contributed by atoms with Crippen molar-refractivity contribution in [3.8, 4) is 0 Å². The zero-order valence-electron chi connectivity index (χ0n) is 16.3. The number of carbonyl (C=O) groups excluding carboxylic acids is 1. The van der Waals surface area contributed by atoms with Crippen LogP contribution in [0.1, 0.15) is 35.8 Å². The number of thiazole rings is 1. The highest BCUT2D eigenvalue weighted by atomic mass is 32.1. The van der Waals surface area contributed by atoms with Gasteiger partial charge in [0.15, 0.2) is 0 Å². The molecule has 0 saturated carbocycles. The van der Waals surface area contributed by atoms with Gasteiger partial charge in [-0.1, -0.05) is 13.0 Å². The van der Waals surface area contributed by atoms with E-state index in [2.05, 4.69) is 26.7 Å². The lowest BCUT2D eigenvalue weighted by Crippen LogP contribution is -2.48. The average molecular weight is 395 g/mol. The van der Waals surface area contributed by atoms with Crippen LogP contribution in [0.5, 0.6) is 0 Å². The molecule has 3 aromatic rings. The van der Waals surface area contributed by atoms with Gasteiger partial charge in [-0.15, -0.1) is 11.3 Å². The molecular weight excluding hydrogens is 368 g/mol. The molecule has 1 aliphatic heterocycles. The van der Waals surface area contributed by atoms with Crippen molar-refractivity contribution in [3.63, 3.8) is 0 Å². The summed E-state index contributed by atoms with van der Waals surface area (Å²) in [6.07, 6.45) is 4.65. The van der Waals surface area contributed by atoms with Crippen LogP contribution in [0.4, 0.5) is 0 Å². The zero-order chi connectivity index (χ0) is 19.3. The maximum Gasteiger partial charge on any atom is 0.254 e. The van der Waals surface area contributed by atoms with Crippen LogP contribution >= 0.6 is 11.3 Å². The first-order valence-electron chi connectivity index (χ1n) is 10.0. The van der Waals surface area contributed by atoms with Gasteiger partial charge in [0.1, 0.15) is 0 Å². The van der Waals surface area contributed by atoms with Crippen LogP contribution in [0.15, 0.2) is 48.1 Å². The third-order valence-electron chi connectivity index (χ3n) is 5.62. The molecular formula is C22H26N4OS. The van der Waals surface area contributed by atoms with Crippen LogP contribution in [0, 0.1) is 0 Å². The van der Waals surface area contributed by atoms with Crippen LogP contribution in [0.3, 0.4) is 0 Å². The zero-order valence-corrected chi connectivity index (χ0v) is 17.1. The third-order valence-corrected chi connectivity index (χ3v) is 6.43. The van der Waals surface area contributed by atoms with E-state index in [1.165, 1.54) is 0 Å². The number of fused-ring (bicyclic) bond motifs is 1. The lowest BCUT2D eigenvalue weighted by molar-refractivity contribution is 0.0579. The molecule has 0 bridgehead atoms. The highest BCUT2D eigenvalue weighted by molar-refractivity contribution is 7.16. The molecule has 4 rings (SSSR count). The van der Waals surface area contributed by atoms with E-state index in [1.54, 1.807) is 11.3 Å². The fourth-order valence-corrected chi connectivity index (χ4v) is 4.59. The number of hydrogen-bond acceptors (Lipinski definition) is 5. The smallest absolute Gasteiger partial charge is 0.254 e. The van der Waals surface area contributed by atoms with Crippen molar-refractivity contribution < 1.29 is 4.79 Å². The van der Waals surface area contributed by atoms with E-state index in [4.69, 9.17) is 0 Å². The molecule has 5 nitrogen and oxygen atoms in total. The Morgan fingerprint density at radius 3 is 2.82 bits per heavy atom. The van der Waals surface area contributed by atoms with Crippen LogP contribution in [-0.2, 0) is 6.42 Å². The molecule has 28 heavy (non-hydrogen) atoms. The standard InChI is InChI=1S/C22H26N4OS/c1-2-25-12-9-19(10-13-25)26(14-8-18-5-3-4-11-23-18)22(27)17-6-7-21-20(15-17)24-16-28-21/h3-7,11,15-16,19H,2,8-10,12-14H2,1H3. The number of hydrogen-bond donors (Lipinski definition) is 0. The SMILES string of the molecule is CCN1CCC(N(CCc2ccccn2)C(=O)c2ccc3scnc3c2)CC1. The minimum atomic E-state index is 0.112. The number of rotatable bonds is 6. The van der Waals surface area contributed by atoms with Crippen LogP contribution in [-0.4, -0.2) is 57.9 Å². The van der Waals surface area contributed by atoms with E-state index < -0.39 is 0 Å². The average Bonchev–Trinajstić information content (AvgIpc) is 3.23. The summed E-state index contributed by atoms with van der Waals surface area (Å²) < 4.78 is 1.12. The van der Waals surface area contributed by atoms with Crippen molar-refractivity contribution in [1.29, 1.82) is 0 Å². The summed E-state index contributed by atoms with van der Waals surface area (Å²) in [5, 5.41) is 0. The van der Waals surface area contributed by atoms with Gasteiger partial charge in [-0.3, -0.25) is 9.78 Å². The maximum atomic E-state index is 13.4. The maximum absolute atomic E-state index is 13.4. The van der Waals surface area contributed by atoms with E-state index in [1.807, 2.05) is 48.1 Å². The van der Waals surface area contributed by atoms with Crippen molar-refractivity contribution in [2.45, 2.75) is 32.2 Å². The molecule has 2 aromatic heterocycles. The third kappa shape index (κ3) is 4.23. The largest absolute Gasteiger partial charge is 0.335 e. The van der Waals surface area contributed by atoms with Gasteiger partial charge in [0, 0.05) is 49.6 Å². The molecule has 1 saturated heterocycles. The van der Waals surface area contributed by atoms with Gasteiger partial charge < -0.3 is 9.80 Å². The Kier molecular flexibility index (Phi) is 5.98. The summed E-state index contributed by atoms with van der Waals surface area (Å²) in [6, 6.07) is 12.1. The number of amides is 1. The Hall–Kier alpha value is -2.31. The summed E-state index contributed by atoms with van der Waals surface area (Å²) in [4.78, 5) is 26.8. The summed E-state index contributed by atoms with van der Waals surface area (Å²) in [7, 11) is 0. The number of benzene rings is 1. The number of aromatic nitrogens is 2. The quantitative estimate of drug-likeness (QED) is 0.637. The minimum absolute atomic E-state index is 0.112. The van der Waals surface area contributed by atoms with Crippen LogP contribution in [0.25, 0.3) is 10.2 Å². The predicted molar refractivity (Wildman–Crippen MR) is 114 cm³/mol. The van der Waals surface area contributed by atoms with Crippen molar-refractivity contribution in [2.24, 2.45) is 0 Å². The number of carbonyl (C=O) groups is 1. The monoisotopic (exact) mass is 394 g/mol. The fraction of sp³-hybridized carbons (Fsp3) is 0.409. The van der Waals surface area contributed by atoms with Gasteiger partial charge in [-0.2, -0.15) is 0 Å². The van der Waals surface area contributed by atoms with Gasteiger partial charge in [-0.25, -0.2) is 4.98 Å². The first-order chi connectivity index (χ1) is 13.7. The second kappa shape index (κ2) is 8.80. The molecule has 6 heteroatoms. The van der Waals surface area contributed by atoms with E-state index in [0.717, 1.165) is 60.4 Å². The molecule has 0 radical (unpaired) electrons. The molecule has 1 fully saturated rings. The number of piperidine rings is 1. The molecule has 0 N–H and O–H groups in total. The molecule has 0 unspecified atom stereocenters. The fourth-order valence-electron chi connectivity index (χ4n) is 3.93. The summed E-state index contributed by atoms with van der Waals surface area (Å²) in [6.45, 7) is 6.09. The first-order valence-corrected chi connectivity index (χ1v) is 10.9. The minimum Gasteiger partial charge on any atom is -0.335 e. The molecule has 0 aliphatic carbocycles. The summed E-state index contributed by atoms with van der Waals surface area (Å²) >= 11 is 1.60. The Labute approximate surface area is 170 Å². The van der Waals surface area contributed by atoms with Crippen LogP contribution < -0.4 is 0 Å². The lowest BCUT2D eigenvalue weighted by atomic mass is 10.0.